The summed E-state index contributed by atoms with van der Waals surface area (Å²) in [4.78, 5) is 31.0. The number of anilines is 1. The minimum atomic E-state index is -0.197. The number of nitrogens with one attached hydrogen (secondary N) is 2. The molecule has 1 aromatic heterocycles. The Kier molecular flexibility index (Phi) is 4.43. The van der Waals surface area contributed by atoms with Gasteiger partial charge in [0.25, 0.3) is 5.56 Å². The van der Waals surface area contributed by atoms with Gasteiger partial charge in [0.15, 0.2) is 5.16 Å². The lowest BCUT2D eigenvalue weighted by atomic mass is 10.2. The van der Waals surface area contributed by atoms with E-state index in [1.54, 1.807) is 18.2 Å². The predicted octanol–water partition coefficient (Wildman–Crippen LogP) is 2.96. The molecule has 5 nitrogen and oxygen atoms in total. The molecule has 0 bridgehead atoms. The summed E-state index contributed by atoms with van der Waals surface area (Å²) in [6.45, 7) is 1.99. The van der Waals surface area contributed by atoms with E-state index in [1.165, 1.54) is 11.8 Å². The maximum Gasteiger partial charge on any atom is 0.259 e. The molecule has 0 spiro atoms. The summed E-state index contributed by atoms with van der Waals surface area (Å²) in [5.41, 5.74) is 2.31. The Morgan fingerprint density at radius 1 is 1.17 bits per heavy atom. The summed E-state index contributed by atoms with van der Waals surface area (Å²) < 4.78 is 0. The van der Waals surface area contributed by atoms with Crippen LogP contribution in [0, 0.1) is 6.92 Å². The summed E-state index contributed by atoms with van der Waals surface area (Å²) in [6, 6.07) is 14.7. The van der Waals surface area contributed by atoms with E-state index in [0.29, 0.717) is 16.1 Å². The Bertz CT molecular complexity index is 904. The van der Waals surface area contributed by atoms with Gasteiger partial charge in [0.2, 0.25) is 5.91 Å². The third-order valence-corrected chi connectivity index (χ3v) is 4.14. The highest BCUT2D eigenvalue weighted by Crippen LogP contribution is 2.15. The highest BCUT2D eigenvalue weighted by Gasteiger charge is 2.07. The van der Waals surface area contributed by atoms with Crippen LogP contribution >= 0.6 is 11.8 Å². The van der Waals surface area contributed by atoms with Crippen molar-refractivity contribution in [2.24, 2.45) is 0 Å². The van der Waals surface area contributed by atoms with Crippen LogP contribution in [0.15, 0.2) is 58.5 Å². The number of amides is 1. The molecule has 0 aliphatic rings. The average molecular weight is 325 g/mol. The molecular weight excluding hydrogens is 310 g/mol. The SMILES string of the molecule is Cc1ccc(NC(=O)CSc2nc3ccccc3c(=O)[nH]2)cc1. The van der Waals surface area contributed by atoms with Crippen molar-refractivity contribution in [1.82, 2.24) is 9.97 Å². The molecule has 1 amide bonds. The predicted molar refractivity (Wildman–Crippen MR) is 92.9 cm³/mol. The number of para-hydroxylation sites is 1. The molecule has 3 aromatic rings. The van der Waals surface area contributed by atoms with E-state index in [0.717, 1.165) is 11.3 Å². The average Bonchev–Trinajstić information content (AvgIpc) is 2.55. The Morgan fingerprint density at radius 3 is 2.70 bits per heavy atom. The van der Waals surface area contributed by atoms with Crippen LogP contribution in [0.5, 0.6) is 0 Å². The van der Waals surface area contributed by atoms with E-state index in [4.69, 9.17) is 0 Å². The number of hydrogen-bond donors (Lipinski definition) is 2. The largest absolute Gasteiger partial charge is 0.325 e. The van der Waals surface area contributed by atoms with Crippen molar-refractivity contribution < 1.29 is 4.79 Å². The van der Waals surface area contributed by atoms with Crippen molar-refractivity contribution in [1.29, 1.82) is 0 Å². The van der Waals surface area contributed by atoms with Crippen molar-refractivity contribution in [3.8, 4) is 0 Å². The lowest BCUT2D eigenvalue weighted by molar-refractivity contribution is -0.113. The second-order valence-corrected chi connectivity index (χ2v) is 6.06. The number of nitrogens with zero attached hydrogens (tertiary/aromatic N) is 1. The summed E-state index contributed by atoms with van der Waals surface area (Å²) in [5, 5.41) is 3.79. The van der Waals surface area contributed by atoms with E-state index >= 15 is 0 Å². The van der Waals surface area contributed by atoms with E-state index in [-0.39, 0.29) is 17.2 Å². The normalized spacial score (nSPS) is 10.7. The third-order valence-electron chi connectivity index (χ3n) is 3.27. The van der Waals surface area contributed by atoms with Gasteiger partial charge >= 0.3 is 0 Å². The van der Waals surface area contributed by atoms with Crippen molar-refractivity contribution in [3.05, 3.63) is 64.4 Å². The Hall–Kier alpha value is -2.60. The smallest absolute Gasteiger partial charge is 0.259 e. The van der Waals surface area contributed by atoms with Crippen molar-refractivity contribution in [2.45, 2.75) is 12.1 Å². The van der Waals surface area contributed by atoms with Gasteiger partial charge in [-0.2, -0.15) is 0 Å². The van der Waals surface area contributed by atoms with Crippen LogP contribution in [-0.2, 0) is 4.79 Å². The number of fused-ring (bicyclic) bond motifs is 1. The fourth-order valence-corrected chi connectivity index (χ4v) is 2.77. The molecule has 2 aromatic carbocycles. The first-order valence-electron chi connectivity index (χ1n) is 7.10. The van der Waals surface area contributed by atoms with Crippen LogP contribution in [0.2, 0.25) is 0 Å². The first-order chi connectivity index (χ1) is 11.1. The van der Waals surface area contributed by atoms with Gasteiger partial charge in [0, 0.05) is 5.69 Å². The number of hydrogen-bond acceptors (Lipinski definition) is 4. The fraction of sp³-hybridized carbons (Fsp3) is 0.118. The number of H-pyrrole nitrogens is 1. The molecule has 116 valence electrons. The van der Waals surface area contributed by atoms with Crippen LogP contribution in [0.3, 0.4) is 0 Å². The number of rotatable bonds is 4. The second kappa shape index (κ2) is 6.66. The number of thioether (sulfide) groups is 1. The molecule has 0 atom stereocenters. The van der Waals surface area contributed by atoms with Crippen LogP contribution in [0.4, 0.5) is 5.69 Å². The molecule has 0 fully saturated rings. The molecule has 0 aliphatic heterocycles. The molecule has 23 heavy (non-hydrogen) atoms. The highest BCUT2D eigenvalue weighted by atomic mass is 32.2. The third kappa shape index (κ3) is 3.78. The fourth-order valence-electron chi connectivity index (χ4n) is 2.10. The van der Waals surface area contributed by atoms with Crippen LogP contribution in [0.25, 0.3) is 10.9 Å². The van der Waals surface area contributed by atoms with E-state index in [9.17, 15) is 9.59 Å². The van der Waals surface area contributed by atoms with Gasteiger partial charge in [0.1, 0.15) is 0 Å². The molecule has 0 unspecified atom stereocenters. The number of benzene rings is 2. The summed E-state index contributed by atoms with van der Waals surface area (Å²) >= 11 is 1.20. The van der Waals surface area contributed by atoms with Crippen molar-refractivity contribution in [2.75, 3.05) is 11.1 Å². The van der Waals surface area contributed by atoms with Crippen LogP contribution in [0.1, 0.15) is 5.56 Å². The molecule has 2 N–H and O–H groups in total. The minimum Gasteiger partial charge on any atom is -0.325 e. The van der Waals surface area contributed by atoms with E-state index in [2.05, 4.69) is 15.3 Å². The molecule has 3 rings (SSSR count). The van der Waals surface area contributed by atoms with Gasteiger partial charge in [-0.1, -0.05) is 41.6 Å². The Morgan fingerprint density at radius 2 is 1.91 bits per heavy atom. The van der Waals surface area contributed by atoms with Crippen molar-refractivity contribution in [3.63, 3.8) is 0 Å². The zero-order valence-electron chi connectivity index (χ0n) is 12.5. The van der Waals surface area contributed by atoms with Crippen LogP contribution in [-0.4, -0.2) is 21.6 Å². The summed E-state index contributed by atoms with van der Waals surface area (Å²) in [5.74, 6) is 0.0319. The monoisotopic (exact) mass is 325 g/mol. The molecule has 0 aliphatic carbocycles. The van der Waals surface area contributed by atoms with Gasteiger partial charge in [-0.3, -0.25) is 9.59 Å². The highest BCUT2D eigenvalue weighted by molar-refractivity contribution is 7.99. The van der Waals surface area contributed by atoms with Crippen LogP contribution < -0.4 is 10.9 Å². The van der Waals surface area contributed by atoms with Gasteiger partial charge in [-0.25, -0.2) is 4.98 Å². The number of aryl methyl sites for hydroxylation is 1. The number of carbonyl (C=O) groups is 1. The zero-order chi connectivity index (χ0) is 16.2. The lowest BCUT2D eigenvalue weighted by Crippen LogP contribution is -2.15. The maximum absolute atomic E-state index is 12.0. The second-order valence-electron chi connectivity index (χ2n) is 5.09. The van der Waals surface area contributed by atoms with E-state index < -0.39 is 0 Å². The Labute approximate surface area is 137 Å². The zero-order valence-corrected chi connectivity index (χ0v) is 13.3. The maximum atomic E-state index is 12.0. The quantitative estimate of drug-likeness (QED) is 0.571. The van der Waals surface area contributed by atoms with E-state index in [1.807, 2.05) is 37.3 Å². The standard InChI is InChI=1S/C17H15N3O2S/c1-11-6-8-12(9-7-11)18-15(21)10-23-17-19-14-5-3-2-4-13(14)16(22)20-17/h2-9H,10H2,1H3,(H,18,21)(H,19,20,22). The molecule has 6 heteroatoms. The van der Waals surface area contributed by atoms with Gasteiger partial charge in [-0.05, 0) is 31.2 Å². The van der Waals surface area contributed by atoms with Gasteiger partial charge in [-0.15, -0.1) is 0 Å². The van der Waals surface area contributed by atoms with Gasteiger partial charge in [0.05, 0.1) is 16.7 Å². The van der Waals surface area contributed by atoms with Gasteiger partial charge < -0.3 is 10.3 Å². The number of aromatic amines is 1. The topological polar surface area (TPSA) is 74.8 Å². The lowest BCUT2D eigenvalue weighted by Gasteiger charge is -2.05. The first-order valence-corrected chi connectivity index (χ1v) is 8.09. The minimum absolute atomic E-state index is 0.144. The molecule has 0 saturated carbocycles. The number of aromatic nitrogens is 2. The molecule has 0 radical (unpaired) electrons. The van der Waals surface area contributed by atoms with Crippen molar-refractivity contribution >= 4 is 34.3 Å². The molecular formula is C17H15N3O2S. The summed E-state index contributed by atoms with van der Waals surface area (Å²) in [7, 11) is 0. The number of carbonyl (C=O) groups excluding carboxylic acids is 1. The Balaban J connectivity index is 1.67. The molecule has 1 heterocycles. The first kappa shape index (κ1) is 15.3. The molecule has 0 saturated heterocycles. The summed E-state index contributed by atoms with van der Waals surface area (Å²) in [6.07, 6.45) is 0.